The van der Waals surface area contributed by atoms with Gasteiger partial charge in [-0.2, -0.15) is 0 Å². The van der Waals surface area contributed by atoms with Crippen LogP contribution in [0.2, 0.25) is 0 Å². The lowest BCUT2D eigenvalue weighted by molar-refractivity contribution is -0.236. The molecule has 0 bridgehead atoms. The van der Waals surface area contributed by atoms with E-state index in [1.807, 2.05) is 39.8 Å². The number of aliphatic hydroxyl groups is 1. The topological polar surface area (TPSA) is 125 Å². The summed E-state index contributed by atoms with van der Waals surface area (Å²) in [5, 5.41) is 11.6. The molecule has 1 aromatic rings. The molecule has 3 aliphatic heterocycles. The van der Waals surface area contributed by atoms with Crippen LogP contribution in [0.1, 0.15) is 92.4 Å². The molecule has 2 saturated carbocycles. The van der Waals surface area contributed by atoms with Crippen LogP contribution in [-0.2, 0) is 42.7 Å². The van der Waals surface area contributed by atoms with Gasteiger partial charge in [0.1, 0.15) is 24.1 Å². The van der Waals surface area contributed by atoms with Crippen molar-refractivity contribution >= 4 is 17.4 Å². The molecule has 12 nitrogen and oxygen atoms in total. The van der Waals surface area contributed by atoms with E-state index in [0.29, 0.717) is 49.4 Å². The summed E-state index contributed by atoms with van der Waals surface area (Å²) in [4.78, 5) is 33.5. The van der Waals surface area contributed by atoms with Crippen LogP contribution >= 0.6 is 0 Å². The van der Waals surface area contributed by atoms with Gasteiger partial charge in [-0.25, -0.2) is 4.39 Å². The Hall–Kier alpha value is -2.49. The molecule has 3 saturated heterocycles. The molecule has 0 radical (unpaired) electrons. The highest BCUT2D eigenvalue weighted by molar-refractivity contribution is 5.99. The van der Waals surface area contributed by atoms with Crippen LogP contribution in [0.25, 0.3) is 0 Å². The molecule has 3 heterocycles. The molecule has 0 aromatic heterocycles. The maximum atomic E-state index is 15.8. The van der Waals surface area contributed by atoms with E-state index >= 15 is 9.18 Å². The Morgan fingerprint density at radius 3 is 2.28 bits per heavy atom. The zero-order valence-electron chi connectivity index (χ0n) is 38.1. The Kier molecular flexibility index (Phi) is 15.0. The summed E-state index contributed by atoms with van der Waals surface area (Å²) in [6.45, 7) is 10.2. The van der Waals surface area contributed by atoms with Crippen LogP contribution in [0.15, 0.2) is 35.9 Å². The van der Waals surface area contributed by atoms with Crippen LogP contribution in [0.3, 0.4) is 0 Å². The molecule has 7 rings (SSSR count). The number of carbonyl (C=O) groups excluding carboxylic acids is 2. The standard InChI is InChI=1S/C48H73FN2O10/c1-11-28-15-14-18-38(61-40-20-19-36(50(6)7)27(5)58-40)26(4)44(53)34-23-31-30-21-29(60-48(54)47(57-10)46(56-9)45(55-8)25(2)3)22-33(30)42-43(41(31)32(34)24-39(52)59-28)51(42)37-17-13-12-16-35(37)49/h12-13,16-17,23,25-33,36,38,40-43,45-48,54H,11,14-15,18-22,24H2,1-10H3/t26-,27?,28+,29+,30+,31+,32-,33-,36+,38+,40+,41-,42+,43-,45+,46?,47+,48+,51?/m1/s1. The molecule has 61 heavy (non-hydrogen) atoms. The number of likely N-dealkylation sites (N-methyl/N-ethyl adjacent to an activating group) is 1. The molecule has 18 atom stereocenters. The van der Waals surface area contributed by atoms with Gasteiger partial charge in [-0.3, -0.25) is 9.59 Å². The number of Topliss-reactive ketones (excluding diaryl/α,β-unsaturated/α-hetero) is 1. The van der Waals surface area contributed by atoms with E-state index in [0.717, 1.165) is 19.3 Å². The van der Waals surface area contributed by atoms with Crippen molar-refractivity contribution in [2.45, 2.75) is 166 Å². The number of ether oxygens (including phenoxy) is 7. The molecule has 6 aliphatic rings. The predicted molar refractivity (Wildman–Crippen MR) is 228 cm³/mol. The second-order valence-electron chi connectivity index (χ2n) is 19.4. The molecule has 5 fully saturated rings. The number of halogens is 1. The molecule has 0 amide bonds. The molecule has 0 spiro atoms. The van der Waals surface area contributed by atoms with Crippen LogP contribution in [0.4, 0.5) is 10.1 Å². The molecule has 1 aromatic carbocycles. The van der Waals surface area contributed by atoms with Crippen LogP contribution in [0, 0.1) is 47.2 Å². The second kappa shape index (κ2) is 19.7. The smallest absolute Gasteiger partial charge is 0.306 e. The summed E-state index contributed by atoms with van der Waals surface area (Å²) in [7, 11) is 8.88. The van der Waals surface area contributed by atoms with Crippen molar-refractivity contribution in [3.8, 4) is 0 Å². The summed E-state index contributed by atoms with van der Waals surface area (Å²) in [5.41, 5.74) is 1.20. The number of carbonyl (C=O) groups is 2. The number of para-hydroxylation sites is 1. The Morgan fingerprint density at radius 2 is 1.64 bits per heavy atom. The third kappa shape index (κ3) is 9.37. The zero-order valence-corrected chi connectivity index (χ0v) is 38.1. The summed E-state index contributed by atoms with van der Waals surface area (Å²) in [6.07, 6.45) is 3.57. The van der Waals surface area contributed by atoms with Crippen molar-refractivity contribution in [3.05, 3.63) is 41.7 Å². The van der Waals surface area contributed by atoms with Gasteiger partial charge in [0.15, 0.2) is 18.4 Å². The number of methoxy groups -OCH3 is 3. The number of rotatable bonds is 14. The van der Waals surface area contributed by atoms with Crippen LogP contribution in [0.5, 0.6) is 0 Å². The number of fused-ring (bicyclic) bond motifs is 8. The van der Waals surface area contributed by atoms with Crippen molar-refractivity contribution < 1.29 is 52.2 Å². The van der Waals surface area contributed by atoms with Crippen molar-refractivity contribution in [1.82, 2.24) is 4.90 Å². The molecular formula is C48H73FN2O10. The maximum Gasteiger partial charge on any atom is 0.306 e. The second-order valence-corrected chi connectivity index (χ2v) is 19.4. The number of hydrogen-bond acceptors (Lipinski definition) is 12. The van der Waals surface area contributed by atoms with Crippen molar-refractivity contribution in [2.75, 3.05) is 40.3 Å². The lowest BCUT2D eigenvalue weighted by Crippen LogP contribution is -2.50. The Bertz CT molecular complexity index is 1690. The predicted octanol–water partition coefficient (Wildman–Crippen LogP) is 6.56. The molecule has 3 aliphatic carbocycles. The minimum absolute atomic E-state index is 0.00125. The zero-order chi connectivity index (χ0) is 43.9. The SMILES string of the molecule is CC[C@H]1CCC[C@H](O[C@H]2CC[C@H](N(C)C)C(C)O2)[C@@H](C)C(=O)C2=C[C@H]3[C@@H]4C[C@H](O[C@H](O)[C@@H](OC)C(OC)[C@@H](OC)C(C)C)C[C@H]4[C@H]4[C@@H]([C@H]3[C@@H]2CC(=O)O1)N4c1ccccc1F. The van der Waals surface area contributed by atoms with Crippen molar-refractivity contribution in [1.29, 1.82) is 0 Å². The van der Waals surface area contributed by atoms with Gasteiger partial charge >= 0.3 is 5.97 Å². The van der Waals surface area contributed by atoms with E-state index in [4.69, 9.17) is 33.2 Å². The van der Waals surface area contributed by atoms with Gasteiger partial charge in [-0.15, -0.1) is 0 Å². The fourth-order valence-corrected chi connectivity index (χ4v) is 12.4. The number of ketones is 1. The molecular weight excluding hydrogens is 784 g/mol. The highest BCUT2D eigenvalue weighted by Crippen LogP contribution is 2.65. The van der Waals surface area contributed by atoms with E-state index in [9.17, 15) is 9.90 Å². The first-order valence-electron chi connectivity index (χ1n) is 23.1. The quantitative estimate of drug-likeness (QED) is 0.124. The lowest BCUT2D eigenvalue weighted by Gasteiger charge is -2.40. The number of cyclic esters (lactones) is 1. The summed E-state index contributed by atoms with van der Waals surface area (Å²) in [5.74, 6) is -1.42. The summed E-state index contributed by atoms with van der Waals surface area (Å²) in [6, 6.07) is 7.05. The fourth-order valence-electron chi connectivity index (χ4n) is 12.4. The number of nitrogens with zero attached hydrogens (tertiary/aromatic N) is 2. The summed E-state index contributed by atoms with van der Waals surface area (Å²) < 4.78 is 59.1. The van der Waals surface area contributed by atoms with E-state index in [1.165, 1.54) is 13.2 Å². The first-order valence-corrected chi connectivity index (χ1v) is 23.1. The van der Waals surface area contributed by atoms with Gasteiger partial charge in [-0.05, 0) is 120 Å². The third-order valence-corrected chi connectivity index (χ3v) is 15.4. The van der Waals surface area contributed by atoms with Crippen LogP contribution < -0.4 is 4.90 Å². The molecule has 2 unspecified atom stereocenters. The number of esters is 1. The third-order valence-electron chi connectivity index (χ3n) is 15.4. The molecule has 13 heteroatoms. The Labute approximate surface area is 363 Å². The lowest BCUT2D eigenvalue weighted by atomic mass is 9.66. The minimum atomic E-state index is -1.30. The van der Waals surface area contributed by atoms with Crippen molar-refractivity contribution in [2.24, 2.45) is 41.4 Å². The summed E-state index contributed by atoms with van der Waals surface area (Å²) >= 11 is 0. The number of hydrogen-bond donors (Lipinski definition) is 1. The van der Waals surface area contributed by atoms with Crippen LogP contribution in [-0.4, -0.2) is 131 Å². The average Bonchev–Trinajstić information content (AvgIpc) is 3.61. The van der Waals surface area contributed by atoms with Gasteiger partial charge in [0, 0.05) is 39.2 Å². The monoisotopic (exact) mass is 857 g/mol. The minimum Gasteiger partial charge on any atom is -0.462 e. The molecule has 342 valence electrons. The van der Waals surface area contributed by atoms with Gasteiger partial charge in [0.25, 0.3) is 0 Å². The normalized spacial score (nSPS) is 38.6. The van der Waals surface area contributed by atoms with Crippen molar-refractivity contribution in [3.63, 3.8) is 0 Å². The van der Waals surface area contributed by atoms with E-state index < -0.39 is 36.6 Å². The first-order chi connectivity index (χ1) is 29.2. The van der Waals surface area contributed by atoms with Gasteiger partial charge < -0.3 is 48.1 Å². The van der Waals surface area contributed by atoms with E-state index in [2.05, 4.69) is 36.9 Å². The Morgan fingerprint density at radius 1 is 0.934 bits per heavy atom. The highest BCUT2D eigenvalue weighted by atomic mass is 19.1. The fraction of sp³-hybridized carbons (Fsp3) is 0.792. The first kappa shape index (κ1) is 46.5. The highest BCUT2D eigenvalue weighted by Gasteiger charge is 2.69. The molecule has 1 N–H and O–H groups in total. The number of benzene rings is 1. The maximum absolute atomic E-state index is 15.8. The van der Waals surface area contributed by atoms with Gasteiger partial charge in [-0.1, -0.05) is 45.9 Å². The van der Waals surface area contributed by atoms with Gasteiger partial charge in [0.2, 0.25) is 0 Å². The number of anilines is 1. The Balaban J connectivity index is 1.20. The number of allylic oxidation sites excluding steroid dienone is 2. The van der Waals surface area contributed by atoms with E-state index in [-0.39, 0.29) is 96.2 Å². The van der Waals surface area contributed by atoms with Gasteiger partial charge in [0.05, 0.1) is 48.6 Å². The number of aliphatic hydroxyl groups excluding tert-OH is 1. The largest absolute Gasteiger partial charge is 0.462 e. The van der Waals surface area contributed by atoms with E-state index in [1.54, 1.807) is 20.3 Å². The average molecular weight is 857 g/mol.